The van der Waals surface area contributed by atoms with Crippen LogP contribution in [0.5, 0.6) is 0 Å². The van der Waals surface area contributed by atoms with Gasteiger partial charge in [-0.1, -0.05) is 6.92 Å². The zero-order chi connectivity index (χ0) is 15.7. The van der Waals surface area contributed by atoms with Crippen LogP contribution in [0, 0.1) is 6.92 Å². The maximum absolute atomic E-state index is 11.6. The number of fused-ring (bicyclic) bond motifs is 1. The number of nitrogens with zero attached hydrogens (tertiary/aromatic N) is 3. The van der Waals surface area contributed by atoms with Crippen molar-refractivity contribution in [2.45, 2.75) is 32.7 Å². The second-order valence-electron chi connectivity index (χ2n) is 5.87. The topological polar surface area (TPSA) is 75.7 Å². The number of anilines is 1. The third-order valence-electron chi connectivity index (χ3n) is 4.30. The Hall–Kier alpha value is -2.08. The highest BCUT2D eigenvalue weighted by atomic mass is 16.1. The van der Waals surface area contributed by atoms with Crippen molar-refractivity contribution in [3.63, 3.8) is 0 Å². The lowest BCUT2D eigenvalue weighted by Gasteiger charge is -2.34. The van der Waals surface area contributed by atoms with E-state index in [9.17, 15) is 4.79 Å². The number of hydrogen-bond donors (Lipinski definition) is 2. The molecule has 1 saturated heterocycles. The fourth-order valence-corrected chi connectivity index (χ4v) is 3.25. The summed E-state index contributed by atoms with van der Waals surface area (Å²) in [5.74, 6) is -0.453. The van der Waals surface area contributed by atoms with E-state index < -0.39 is 5.91 Å². The van der Waals surface area contributed by atoms with Crippen LogP contribution in [0.25, 0.3) is 5.52 Å². The summed E-state index contributed by atoms with van der Waals surface area (Å²) < 4.78 is 1.67. The van der Waals surface area contributed by atoms with E-state index in [1.54, 1.807) is 10.6 Å². The summed E-state index contributed by atoms with van der Waals surface area (Å²) in [6.07, 6.45) is 2.26. The molecule has 118 valence electrons. The molecule has 3 N–H and O–H groups in total. The summed E-state index contributed by atoms with van der Waals surface area (Å²) >= 11 is 0. The molecular weight excluding hydrogens is 278 g/mol. The molecule has 2 aromatic rings. The van der Waals surface area contributed by atoms with E-state index in [4.69, 9.17) is 5.73 Å². The van der Waals surface area contributed by atoms with E-state index in [0.717, 1.165) is 49.4 Å². The summed E-state index contributed by atoms with van der Waals surface area (Å²) in [5, 5.41) is 7.93. The molecule has 0 aliphatic carbocycles. The van der Waals surface area contributed by atoms with Gasteiger partial charge in [-0.3, -0.25) is 4.79 Å². The Morgan fingerprint density at radius 2 is 2.14 bits per heavy atom. The summed E-state index contributed by atoms with van der Waals surface area (Å²) in [4.78, 5) is 13.9. The minimum Gasteiger partial charge on any atom is -0.370 e. The molecule has 1 aliphatic heterocycles. The molecule has 2 aromatic heterocycles. The molecule has 6 nitrogen and oxygen atoms in total. The molecule has 0 aromatic carbocycles. The number of nitrogens with two attached hydrogens (primary N) is 1. The standard InChI is InChI=1S/C16H23N5O/c1-3-18-12-6-8-20(9-7-12)13-4-5-14(16(17)22)21-15(13)10-11(2)19-21/h4-5,10,12,18H,3,6-9H2,1-2H3,(H2,17,22). The Morgan fingerprint density at radius 1 is 1.41 bits per heavy atom. The van der Waals surface area contributed by atoms with Crippen molar-refractivity contribution in [1.82, 2.24) is 14.9 Å². The van der Waals surface area contributed by atoms with Crippen molar-refractivity contribution in [2.24, 2.45) is 5.73 Å². The highest BCUT2D eigenvalue weighted by Crippen LogP contribution is 2.27. The highest BCUT2D eigenvalue weighted by molar-refractivity contribution is 5.93. The minimum absolute atomic E-state index is 0.425. The second kappa shape index (κ2) is 5.96. The van der Waals surface area contributed by atoms with Crippen LogP contribution in [0.4, 0.5) is 5.69 Å². The number of carbonyl (C=O) groups excluding carboxylic acids is 1. The van der Waals surface area contributed by atoms with Gasteiger partial charge in [0.2, 0.25) is 0 Å². The molecular formula is C16H23N5O. The quantitative estimate of drug-likeness (QED) is 0.893. The van der Waals surface area contributed by atoms with E-state index >= 15 is 0 Å². The van der Waals surface area contributed by atoms with Gasteiger partial charge in [0.05, 0.1) is 16.9 Å². The number of aryl methyl sites for hydroxylation is 1. The molecule has 1 amide bonds. The van der Waals surface area contributed by atoms with E-state index in [-0.39, 0.29) is 0 Å². The van der Waals surface area contributed by atoms with Crippen molar-refractivity contribution in [1.29, 1.82) is 0 Å². The number of pyridine rings is 1. The third kappa shape index (κ3) is 2.66. The lowest BCUT2D eigenvalue weighted by Crippen LogP contribution is -2.42. The molecule has 0 radical (unpaired) electrons. The summed E-state index contributed by atoms with van der Waals surface area (Å²) in [5.41, 5.74) is 8.84. The number of piperidine rings is 1. The van der Waals surface area contributed by atoms with E-state index in [1.807, 2.05) is 19.1 Å². The summed E-state index contributed by atoms with van der Waals surface area (Å²) in [7, 11) is 0. The van der Waals surface area contributed by atoms with Crippen molar-refractivity contribution < 1.29 is 4.79 Å². The largest absolute Gasteiger partial charge is 0.370 e. The first-order chi connectivity index (χ1) is 10.6. The Morgan fingerprint density at radius 3 is 2.77 bits per heavy atom. The number of amides is 1. The second-order valence-corrected chi connectivity index (χ2v) is 5.87. The van der Waals surface area contributed by atoms with Crippen LogP contribution < -0.4 is 16.0 Å². The molecule has 0 atom stereocenters. The summed E-state index contributed by atoms with van der Waals surface area (Å²) in [6.45, 7) is 7.11. The SMILES string of the molecule is CCNC1CCN(c2ccc(C(N)=O)n3nc(C)cc23)CC1. The van der Waals surface area contributed by atoms with Gasteiger partial charge in [-0.15, -0.1) is 0 Å². The first kappa shape index (κ1) is 14.8. The van der Waals surface area contributed by atoms with E-state index in [2.05, 4.69) is 22.2 Å². The molecule has 6 heteroatoms. The maximum atomic E-state index is 11.6. The first-order valence-electron chi connectivity index (χ1n) is 7.87. The smallest absolute Gasteiger partial charge is 0.267 e. The van der Waals surface area contributed by atoms with Crippen molar-refractivity contribution >= 4 is 17.1 Å². The van der Waals surface area contributed by atoms with Crippen LogP contribution in [0.3, 0.4) is 0 Å². The van der Waals surface area contributed by atoms with Gasteiger partial charge in [-0.2, -0.15) is 5.10 Å². The molecule has 0 saturated carbocycles. The summed E-state index contributed by atoms with van der Waals surface area (Å²) in [6, 6.07) is 6.38. The number of carbonyl (C=O) groups is 1. The molecule has 1 aliphatic rings. The van der Waals surface area contributed by atoms with Gasteiger partial charge in [-0.05, 0) is 44.5 Å². The van der Waals surface area contributed by atoms with Gasteiger partial charge >= 0.3 is 0 Å². The number of hydrogen-bond acceptors (Lipinski definition) is 4. The van der Waals surface area contributed by atoms with Crippen LogP contribution in [0.15, 0.2) is 18.2 Å². The number of rotatable bonds is 4. The van der Waals surface area contributed by atoms with Gasteiger partial charge in [0.25, 0.3) is 5.91 Å². The number of primary amides is 1. The van der Waals surface area contributed by atoms with Gasteiger partial charge in [0.15, 0.2) is 0 Å². The maximum Gasteiger partial charge on any atom is 0.267 e. The van der Waals surface area contributed by atoms with Gasteiger partial charge in [0, 0.05) is 19.1 Å². The Bertz CT molecular complexity index is 685. The lowest BCUT2D eigenvalue weighted by atomic mass is 10.0. The first-order valence-corrected chi connectivity index (χ1v) is 7.87. The molecule has 3 rings (SSSR count). The fourth-order valence-electron chi connectivity index (χ4n) is 3.25. The average molecular weight is 301 g/mol. The van der Waals surface area contributed by atoms with Gasteiger partial charge in [-0.25, -0.2) is 4.52 Å². The zero-order valence-corrected chi connectivity index (χ0v) is 13.2. The normalized spacial score (nSPS) is 16.4. The Labute approximate surface area is 130 Å². The third-order valence-corrected chi connectivity index (χ3v) is 4.30. The predicted molar refractivity (Wildman–Crippen MR) is 87.4 cm³/mol. The predicted octanol–water partition coefficient (Wildman–Crippen LogP) is 1.32. The van der Waals surface area contributed by atoms with Crippen LogP contribution in [-0.2, 0) is 0 Å². The van der Waals surface area contributed by atoms with Crippen LogP contribution in [0.2, 0.25) is 0 Å². The zero-order valence-electron chi connectivity index (χ0n) is 13.2. The van der Waals surface area contributed by atoms with Crippen molar-refractivity contribution in [2.75, 3.05) is 24.5 Å². The molecule has 1 fully saturated rings. The number of aromatic nitrogens is 2. The van der Waals surface area contributed by atoms with Gasteiger partial charge in [0.1, 0.15) is 5.69 Å². The van der Waals surface area contributed by atoms with Crippen LogP contribution in [-0.4, -0.2) is 41.2 Å². The van der Waals surface area contributed by atoms with Crippen molar-refractivity contribution in [3.05, 3.63) is 29.6 Å². The molecule has 22 heavy (non-hydrogen) atoms. The molecule has 0 unspecified atom stereocenters. The van der Waals surface area contributed by atoms with Crippen LogP contribution >= 0.6 is 0 Å². The monoisotopic (exact) mass is 301 g/mol. The van der Waals surface area contributed by atoms with E-state index in [1.165, 1.54) is 0 Å². The average Bonchev–Trinajstić information content (AvgIpc) is 2.88. The van der Waals surface area contributed by atoms with Crippen molar-refractivity contribution in [3.8, 4) is 0 Å². The van der Waals surface area contributed by atoms with Crippen LogP contribution in [0.1, 0.15) is 35.9 Å². The lowest BCUT2D eigenvalue weighted by molar-refractivity contribution is 0.0993. The fraction of sp³-hybridized carbons (Fsp3) is 0.500. The highest BCUT2D eigenvalue weighted by Gasteiger charge is 2.21. The Kier molecular flexibility index (Phi) is 4.02. The molecule has 3 heterocycles. The minimum atomic E-state index is -0.453. The van der Waals surface area contributed by atoms with E-state index in [0.29, 0.717) is 11.7 Å². The molecule has 0 bridgehead atoms. The number of nitrogens with one attached hydrogen (secondary N) is 1. The Balaban J connectivity index is 1.92. The van der Waals surface area contributed by atoms with Gasteiger partial charge < -0.3 is 16.0 Å². The molecule has 0 spiro atoms.